The van der Waals surface area contributed by atoms with Crippen LogP contribution in [0.1, 0.15) is 155 Å². The van der Waals surface area contributed by atoms with E-state index in [1.165, 1.54) is 19.3 Å². The van der Waals surface area contributed by atoms with E-state index in [-0.39, 0.29) is 49.1 Å². The molecule has 0 bridgehead atoms. The molecule has 59 heavy (non-hydrogen) atoms. The summed E-state index contributed by atoms with van der Waals surface area (Å²) in [5.41, 5.74) is 0. The normalized spacial score (nSPS) is 13.8. The molecular weight excluding hydrogens is 739 g/mol. The highest BCUT2D eigenvalue weighted by Gasteiger charge is 2.25. The quantitative estimate of drug-likeness (QED) is 0.0263. The van der Waals surface area contributed by atoms with Crippen LogP contribution < -0.4 is 5.11 Å². The Hall–Kier alpha value is -3.75. The summed E-state index contributed by atoms with van der Waals surface area (Å²) < 4.78 is 17.1. The van der Waals surface area contributed by atoms with Gasteiger partial charge in [-0.05, 0) is 89.9 Å². The molecule has 0 aliphatic heterocycles. The van der Waals surface area contributed by atoms with Crippen LogP contribution in [0.2, 0.25) is 0 Å². The topological polar surface area (TPSA) is 102 Å². The summed E-state index contributed by atoms with van der Waals surface area (Å²) in [7, 11) is 5.38. The predicted molar refractivity (Wildman–Crippen MR) is 245 cm³/mol. The molecule has 0 aromatic heterocycles. The van der Waals surface area contributed by atoms with Crippen molar-refractivity contribution in [3.63, 3.8) is 0 Å². The van der Waals surface area contributed by atoms with Crippen molar-refractivity contribution < 1.29 is 38.2 Å². The van der Waals surface area contributed by atoms with Crippen molar-refractivity contribution in [2.45, 2.75) is 167 Å². The van der Waals surface area contributed by atoms with Crippen molar-refractivity contribution in [3.05, 3.63) is 97.2 Å². The number of carboxylic acid groups (broad SMARTS) is 1. The SMILES string of the molecule is CC/C=C/C/C=C/C/C=C/C/C=C/C/C=C/CCCCCCCCCC(=O)OCC(COCCC(C(=O)[O-])[N+](C)(C)C)OC(=O)CCCC/C=C/C/C=C/C/C=C/CC. The van der Waals surface area contributed by atoms with E-state index >= 15 is 0 Å². The van der Waals surface area contributed by atoms with Crippen molar-refractivity contribution in [3.8, 4) is 0 Å². The largest absolute Gasteiger partial charge is 0.544 e. The van der Waals surface area contributed by atoms with E-state index in [0.717, 1.165) is 96.3 Å². The maximum atomic E-state index is 12.7. The number of ether oxygens (including phenoxy) is 3. The molecule has 0 fully saturated rings. The van der Waals surface area contributed by atoms with Crippen LogP contribution in [0.15, 0.2) is 97.2 Å². The first-order chi connectivity index (χ1) is 28.6. The number of aliphatic carboxylic acids is 1. The van der Waals surface area contributed by atoms with E-state index in [2.05, 4.69) is 111 Å². The Morgan fingerprint density at radius 1 is 0.508 bits per heavy atom. The minimum Gasteiger partial charge on any atom is -0.544 e. The fourth-order valence-electron chi connectivity index (χ4n) is 5.99. The van der Waals surface area contributed by atoms with Gasteiger partial charge in [0.15, 0.2) is 6.10 Å². The highest BCUT2D eigenvalue weighted by Crippen LogP contribution is 2.12. The van der Waals surface area contributed by atoms with Gasteiger partial charge in [-0.1, -0.05) is 143 Å². The lowest BCUT2D eigenvalue weighted by atomic mass is 10.1. The number of nitrogens with zero attached hydrogens (tertiary/aromatic N) is 1. The zero-order chi connectivity index (χ0) is 43.5. The molecular formula is C51H83NO7. The number of carbonyl (C=O) groups is 3. The molecule has 8 nitrogen and oxygen atoms in total. The molecule has 334 valence electrons. The molecule has 0 saturated heterocycles. The third-order valence-corrected chi connectivity index (χ3v) is 9.47. The lowest BCUT2D eigenvalue weighted by molar-refractivity contribution is -0.889. The van der Waals surface area contributed by atoms with Gasteiger partial charge in [-0.15, -0.1) is 0 Å². The van der Waals surface area contributed by atoms with Crippen LogP contribution in [0.5, 0.6) is 0 Å². The van der Waals surface area contributed by atoms with Gasteiger partial charge in [-0.25, -0.2) is 0 Å². The molecule has 0 aliphatic carbocycles. The van der Waals surface area contributed by atoms with Gasteiger partial charge < -0.3 is 28.6 Å². The molecule has 0 radical (unpaired) electrons. The summed E-state index contributed by atoms with van der Waals surface area (Å²) in [5, 5.41) is 11.6. The molecule has 0 heterocycles. The monoisotopic (exact) mass is 822 g/mol. The summed E-state index contributed by atoms with van der Waals surface area (Å²) >= 11 is 0. The Morgan fingerprint density at radius 3 is 1.36 bits per heavy atom. The minimum absolute atomic E-state index is 0.0154. The number of esters is 2. The highest BCUT2D eigenvalue weighted by atomic mass is 16.6. The summed E-state index contributed by atoms with van der Waals surface area (Å²) in [4.78, 5) is 36.8. The van der Waals surface area contributed by atoms with E-state index in [1.807, 2.05) is 0 Å². The van der Waals surface area contributed by atoms with Crippen LogP contribution in [0, 0.1) is 0 Å². The summed E-state index contributed by atoms with van der Waals surface area (Å²) in [6.07, 6.45) is 54.4. The second-order valence-corrected chi connectivity index (χ2v) is 15.9. The Morgan fingerprint density at radius 2 is 0.898 bits per heavy atom. The number of rotatable bonds is 39. The van der Waals surface area contributed by atoms with Crippen molar-refractivity contribution in [1.82, 2.24) is 0 Å². The first kappa shape index (κ1) is 55.2. The molecule has 0 spiro atoms. The molecule has 0 amide bonds. The van der Waals surface area contributed by atoms with Crippen LogP contribution >= 0.6 is 0 Å². The fourth-order valence-corrected chi connectivity index (χ4v) is 5.99. The number of hydrogen-bond donors (Lipinski definition) is 0. The number of hydrogen-bond acceptors (Lipinski definition) is 7. The van der Waals surface area contributed by atoms with Gasteiger partial charge in [0.2, 0.25) is 0 Å². The van der Waals surface area contributed by atoms with Crippen LogP contribution in [0.3, 0.4) is 0 Å². The predicted octanol–water partition coefficient (Wildman–Crippen LogP) is 11.4. The average molecular weight is 822 g/mol. The van der Waals surface area contributed by atoms with Gasteiger partial charge in [0, 0.05) is 19.3 Å². The van der Waals surface area contributed by atoms with Crippen molar-refractivity contribution in [1.29, 1.82) is 0 Å². The number of likely N-dealkylation sites (N-methyl/N-ethyl adjacent to an activating group) is 1. The second-order valence-electron chi connectivity index (χ2n) is 15.9. The summed E-state index contributed by atoms with van der Waals surface area (Å²) in [5.74, 6) is -1.82. The molecule has 0 rings (SSSR count). The Labute approximate surface area is 360 Å². The second kappa shape index (κ2) is 41.0. The van der Waals surface area contributed by atoms with E-state index < -0.39 is 18.1 Å². The fraction of sp³-hybridized carbons (Fsp3) is 0.627. The average Bonchev–Trinajstić information content (AvgIpc) is 3.19. The standard InChI is InChI=1S/C51H83NO7/c1-6-8-10-12-14-16-18-20-21-22-23-24-25-26-27-28-29-30-32-33-35-37-39-41-49(53)58-46-47(45-57-44-43-48(51(55)56)52(3,4)5)59-50(54)42-40-38-36-34-31-19-17-15-13-11-9-7-2/h8-11,14-17,20-21,23-24,26-27,31,34,47-48H,6-7,12-13,18-19,22,25,28-30,32-33,35-46H2,1-5H3/b10-8+,11-9+,16-14+,17-15+,21-20+,24-23+,27-26+,34-31+. The summed E-state index contributed by atoms with van der Waals surface area (Å²) in [6, 6.07) is -0.739. The van der Waals surface area contributed by atoms with Gasteiger partial charge in [-0.3, -0.25) is 9.59 Å². The Balaban J connectivity index is 4.33. The van der Waals surface area contributed by atoms with Crippen molar-refractivity contribution in [2.75, 3.05) is 41.0 Å². The number of unbranched alkanes of at least 4 members (excludes halogenated alkanes) is 9. The molecule has 0 aromatic carbocycles. The minimum atomic E-state index is -1.14. The molecule has 8 heteroatoms. The first-order valence-corrected chi connectivity index (χ1v) is 22.8. The van der Waals surface area contributed by atoms with E-state index in [4.69, 9.17) is 14.2 Å². The van der Waals surface area contributed by atoms with Crippen LogP contribution in [-0.2, 0) is 28.6 Å². The molecule has 0 N–H and O–H groups in total. The number of quaternary nitrogens is 1. The van der Waals surface area contributed by atoms with Gasteiger partial charge in [0.05, 0.1) is 40.3 Å². The van der Waals surface area contributed by atoms with E-state index in [0.29, 0.717) is 12.8 Å². The smallest absolute Gasteiger partial charge is 0.306 e. The van der Waals surface area contributed by atoms with Gasteiger partial charge in [-0.2, -0.15) is 0 Å². The Bertz CT molecular complexity index is 1280. The first-order valence-electron chi connectivity index (χ1n) is 22.8. The van der Waals surface area contributed by atoms with Crippen LogP contribution in [-0.4, -0.2) is 75.5 Å². The maximum Gasteiger partial charge on any atom is 0.306 e. The van der Waals surface area contributed by atoms with Crippen molar-refractivity contribution in [2.24, 2.45) is 0 Å². The Kier molecular flexibility index (Phi) is 38.4. The van der Waals surface area contributed by atoms with E-state index in [1.54, 1.807) is 21.1 Å². The number of carbonyl (C=O) groups excluding carboxylic acids is 3. The molecule has 0 aromatic rings. The molecule has 0 aliphatic rings. The van der Waals surface area contributed by atoms with Gasteiger partial charge in [0.25, 0.3) is 0 Å². The highest BCUT2D eigenvalue weighted by molar-refractivity contribution is 5.70. The van der Waals surface area contributed by atoms with Gasteiger partial charge in [0.1, 0.15) is 12.6 Å². The summed E-state index contributed by atoms with van der Waals surface area (Å²) in [6.45, 7) is 4.35. The zero-order valence-electron chi connectivity index (χ0n) is 37.9. The van der Waals surface area contributed by atoms with Crippen LogP contribution in [0.4, 0.5) is 0 Å². The maximum absolute atomic E-state index is 12.7. The van der Waals surface area contributed by atoms with Crippen LogP contribution in [0.25, 0.3) is 0 Å². The molecule has 2 atom stereocenters. The molecule has 2 unspecified atom stereocenters. The third kappa shape index (κ3) is 39.5. The zero-order valence-corrected chi connectivity index (χ0v) is 37.9. The van der Waals surface area contributed by atoms with E-state index in [9.17, 15) is 19.5 Å². The lowest BCUT2D eigenvalue weighted by Crippen LogP contribution is -2.55. The lowest BCUT2D eigenvalue weighted by Gasteiger charge is -2.34. The van der Waals surface area contributed by atoms with Gasteiger partial charge >= 0.3 is 11.9 Å². The molecule has 0 saturated carbocycles. The number of allylic oxidation sites excluding steroid dienone is 16. The number of carboxylic acids is 1. The third-order valence-electron chi connectivity index (χ3n) is 9.47. The van der Waals surface area contributed by atoms with Crippen molar-refractivity contribution >= 4 is 17.9 Å².